The van der Waals surface area contributed by atoms with E-state index in [0.717, 1.165) is 29.6 Å². The van der Waals surface area contributed by atoms with Gasteiger partial charge in [-0.15, -0.1) is 0 Å². The van der Waals surface area contributed by atoms with E-state index in [1.807, 2.05) is 0 Å². The minimum absolute atomic E-state index is 0.398. The van der Waals surface area contributed by atoms with Gasteiger partial charge in [-0.05, 0) is 61.7 Å². The van der Waals surface area contributed by atoms with Crippen molar-refractivity contribution >= 4 is 0 Å². The van der Waals surface area contributed by atoms with Crippen molar-refractivity contribution in [3.63, 3.8) is 0 Å². The van der Waals surface area contributed by atoms with Gasteiger partial charge in [-0.2, -0.15) is 0 Å². The number of hydrogen-bond donors (Lipinski definition) is 1. The molecule has 0 amide bonds. The van der Waals surface area contributed by atoms with E-state index >= 15 is 0 Å². The zero-order chi connectivity index (χ0) is 16.4. The maximum absolute atomic E-state index is 6.40. The van der Waals surface area contributed by atoms with Crippen molar-refractivity contribution in [2.24, 2.45) is 35.3 Å². The molecule has 0 spiro atoms. The highest BCUT2D eigenvalue weighted by molar-refractivity contribution is 4.72. The molecule has 5 atom stereocenters. The summed E-state index contributed by atoms with van der Waals surface area (Å²) in [7, 11) is 0. The standard InChI is InChI=1S/C20H43N/c1-8-9-16(4)11-18(6)13-20(21)14-19(7)12-17(5)10-15(2)3/h15-20H,8-14,21H2,1-7H3. The van der Waals surface area contributed by atoms with E-state index in [4.69, 9.17) is 5.73 Å². The van der Waals surface area contributed by atoms with Crippen molar-refractivity contribution in [1.29, 1.82) is 0 Å². The van der Waals surface area contributed by atoms with Crippen LogP contribution in [0.1, 0.15) is 93.4 Å². The summed E-state index contributed by atoms with van der Waals surface area (Å²) in [6.45, 7) is 16.5. The molecule has 0 saturated carbocycles. The van der Waals surface area contributed by atoms with Gasteiger partial charge in [0.15, 0.2) is 0 Å². The molecule has 2 N–H and O–H groups in total. The number of hydrogen-bond acceptors (Lipinski definition) is 1. The zero-order valence-electron chi connectivity index (χ0n) is 16.0. The molecule has 0 aromatic carbocycles. The van der Waals surface area contributed by atoms with Gasteiger partial charge in [-0.25, -0.2) is 0 Å². The van der Waals surface area contributed by atoms with Crippen LogP contribution < -0.4 is 5.73 Å². The second kappa shape index (κ2) is 11.5. The SMILES string of the molecule is CCCC(C)CC(C)CC(N)CC(C)CC(C)CC(C)C. The molecule has 0 saturated heterocycles. The van der Waals surface area contributed by atoms with Gasteiger partial charge in [0, 0.05) is 6.04 Å². The van der Waals surface area contributed by atoms with Crippen molar-refractivity contribution in [3.8, 4) is 0 Å². The smallest absolute Gasteiger partial charge is 0.00439 e. The van der Waals surface area contributed by atoms with Gasteiger partial charge < -0.3 is 5.73 Å². The van der Waals surface area contributed by atoms with Crippen LogP contribution in [-0.2, 0) is 0 Å². The van der Waals surface area contributed by atoms with Crippen LogP contribution in [0, 0.1) is 29.6 Å². The largest absolute Gasteiger partial charge is 0.328 e. The van der Waals surface area contributed by atoms with Gasteiger partial charge in [0.25, 0.3) is 0 Å². The summed E-state index contributed by atoms with van der Waals surface area (Å²) in [4.78, 5) is 0. The van der Waals surface area contributed by atoms with E-state index in [1.165, 1.54) is 44.9 Å². The molecule has 21 heavy (non-hydrogen) atoms. The second-order valence-corrected chi connectivity index (χ2v) is 8.54. The Morgan fingerprint density at radius 1 is 0.619 bits per heavy atom. The third kappa shape index (κ3) is 12.2. The van der Waals surface area contributed by atoms with Gasteiger partial charge in [0.2, 0.25) is 0 Å². The Hall–Kier alpha value is -0.0400. The molecule has 0 radical (unpaired) electrons. The van der Waals surface area contributed by atoms with Crippen LogP contribution in [0.5, 0.6) is 0 Å². The molecule has 0 aliphatic heterocycles. The van der Waals surface area contributed by atoms with Gasteiger partial charge in [0.05, 0.1) is 0 Å². The quantitative estimate of drug-likeness (QED) is 0.451. The van der Waals surface area contributed by atoms with Crippen molar-refractivity contribution in [1.82, 2.24) is 0 Å². The Labute approximate surface area is 135 Å². The highest BCUT2D eigenvalue weighted by Gasteiger charge is 2.17. The van der Waals surface area contributed by atoms with Gasteiger partial charge in [-0.3, -0.25) is 0 Å². The maximum Gasteiger partial charge on any atom is 0.00439 e. The summed E-state index contributed by atoms with van der Waals surface area (Å²) in [5, 5.41) is 0. The first-order valence-electron chi connectivity index (χ1n) is 9.50. The van der Waals surface area contributed by atoms with Crippen molar-refractivity contribution in [2.45, 2.75) is 99.5 Å². The van der Waals surface area contributed by atoms with E-state index in [9.17, 15) is 0 Å². The summed E-state index contributed by atoms with van der Waals surface area (Å²) in [5.41, 5.74) is 6.40. The van der Waals surface area contributed by atoms with E-state index in [2.05, 4.69) is 48.5 Å². The highest BCUT2D eigenvalue weighted by Crippen LogP contribution is 2.25. The Balaban J connectivity index is 3.93. The van der Waals surface area contributed by atoms with Gasteiger partial charge >= 0.3 is 0 Å². The number of rotatable bonds is 12. The maximum atomic E-state index is 6.40. The molecular formula is C20H43N. The lowest BCUT2D eigenvalue weighted by molar-refractivity contribution is 0.299. The van der Waals surface area contributed by atoms with Crippen LogP contribution in [0.4, 0.5) is 0 Å². The van der Waals surface area contributed by atoms with Crippen LogP contribution in [0.3, 0.4) is 0 Å². The fourth-order valence-electron chi connectivity index (χ4n) is 4.21. The van der Waals surface area contributed by atoms with E-state index < -0.39 is 0 Å². The molecule has 0 bridgehead atoms. The summed E-state index contributed by atoms with van der Waals surface area (Å²) in [6.07, 6.45) is 9.12. The molecule has 0 aromatic rings. The molecule has 5 unspecified atom stereocenters. The lowest BCUT2D eigenvalue weighted by Gasteiger charge is -2.24. The zero-order valence-corrected chi connectivity index (χ0v) is 16.0. The monoisotopic (exact) mass is 297 g/mol. The van der Waals surface area contributed by atoms with Gasteiger partial charge in [-0.1, -0.05) is 61.3 Å². The molecular weight excluding hydrogens is 254 g/mol. The molecule has 0 aliphatic carbocycles. The molecule has 0 aromatic heterocycles. The molecule has 1 heteroatoms. The van der Waals surface area contributed by atoms with E-state index in [1.54, 1.807) is 0 Å². The number of nitrogens with two attached hydrogens (primary N) is 1. The third-order valence-electron chi connectivity index (χ3n) is 4.67. The molecule has 0 aliphatic rings. The summed E-state index contributed by atoms with van der Waals surface area (Å²) in [5.74, 6) is 4.08. The minimum Gasteiger partial charge on any atom is -0.328 e. The van der Waals surface area contributed by atoms with Crippen molar-refractivity contribution in [2.75, 3.05) is 0 Å². The van der Waals surface area contributed by atoms with Crippen molar-refractivity contribution in [3.05, 3.63) is 0 Å². The summed E-state index contributed by atoms with van der Waals surface area (Å²) < 4.78 is 0. The molecule has 0 fully saturated rings. The fraction of sp³-hybridized carbons (Fsp3) is 1.00. The predicted octanol–water partition coefficient (Wildman–Crippen LogP) is 6.26. The lowest BCUT2D eigenvalue weighted by atomic mass is 9.84. The normalized spacial score (nSPS) is 19.3. The molecule has 0 heterocycles. The predicted molar refractivity (Wildman–Crippen MR) is 97.5 cm³/mol. The first-order chi connectivity index (χ1) is 9.74. The summed E-state index contributed by atoms with van der Waals surface area (Å²) in [6, 6.07) is 0.398. The van der Waals surface area contributed by atoms with Crippen LogP contribution >= 0.6 is 0 Å². The average Bonchev–Trinajstić information content (AvgIpc) is 2.25. The van der Waals surface area contributed by atoms with Crippen LogP contribution in [0.15, 0.2) is 0 Å². The van der Waals surface area contributed by atoms with Crippen LogP contribution in [0.2, 0.25) is 0 Å². The minimum atomic E-state index is 0.398. The lowest BCUT2D eigenvalue weighted by Crippen LogP contribution is -2.26. The van der Waals surface area contributed by atoms with Crippen molar-refractivity contribution < 1.29 is 0 Å². The Morgan fingerprint density at radius 3 is 1.48 bits per heavy atom. The summed E-state index contributed by atoms with van der Waals surface area (Å²) >= 11 is 0. The highest BCUT2D eigenvalue weighted by atomic mass is 14.6. The molecule has 1 nitrogen and oxygen atoms in total. The first-order valence-corrected chi connectivity index (χ1v) is 9.50. The fourth-order valence-corrected chi connectivity index (χ4v) is 4.21. The van der Waals surface area contributed by atoms with Gasteiger partial charge in [0.1, 0.15) is 0 Å². The second-order valence-electron chi connectivity index (χ2n) is 8.54. The van der Waals surface area contributed by atoms with E-state index in [0.29, 0.717) is 6.04 Å². The molecule has 0 rings (SSSR count). The van der Waals surface area contributed by atoms with E-state index in [-0.39, 0.29) is 0 Å². The Morgan fingerprint density at radius 2 is 1.05 bits per heavy atom. The third-order valence-corrected chi connectivity index (χ3v) is 4.67. The topological polar surface area (TPSA) is 26.0 Å². The van der Waals surface area contributed by atoms with Crippen LogP contribution in [0.25, 0.3) is 0 Å². The van der Waals surface area contributed by atoms with Crippen LogP contribution in [-0.4, -0.2) is 6.04 Å². The first kappa shape index (κ1) is 21.0. The Kier molecular flexibility index (Phi) is 11.5. The average molecular weight is 298 g/mol. The Bertz CT molecular complexity index is 236. The molecule has 128 valence electrons.